The number of benzene rings is 1. The van der Waals surface area contributed by atoms with Gasteiger partial charge in [-0.15, -0.1) is 0 Å². The van der Waals surface area contributed by atoms with Crippen molar-refractivity contribution in [2.24, 2.45) is 11.8 Å². The molecule has 6 heteroatoms. The lowest BCUT2D eigenvalue weighted by Gasteiger charge is -2.21. The minimum atomic E-state index is -3.06. The molecule has 2 aliphatic heterocycles. The van der Waals surface area contributed by atoms with Crippen LogP contribution in [0.3, 0.4) is 0 Å². The third-order valence-corrected chi connectivity index (χ3v) is 6.28. The molecular formula is C15H18O5S. The number of fused-ring (bicyclic) bond motifs is 1. The van der Waals surface area contributed by atoms with Crippen molar-refractivity contribution in [2.45, 2.75) is 18.8 Å². The Morgan fingerprint density at radius 3 is 2.81 bits per heavy atom. The van der Waals surface area contributed by atoms with E-state index in [2.05, 4.69) is 0 Å². The SMILES string of the molecule is O=C(O)C(CC1COc2ccccc21)C1CCS(=O)(=O)C1. The third kappa shape index (κ3) is 2.90. The molecule has 114 valence electrons. The van der Waals surface area contributed by atoms with Crippen LogP contribution in [0, 0.1) is 11.8 Å². The second-order valence-electron chi connectivity index (χ2n) is 5.89. The maximum atomic E-state index is 11.6. The first-order valence-corrected chi connectivity index (χ1v) is 8.93. The molecule has 2 heterocycles. The summed E-state index contributed by atoms with van der Waals surface area (Å²) in [5, 5.41) is 9.48. The fraction of sp³-hybridized carbons (Fsp3) is 0.533. The second kappa shape index (κ2) is 5.33. The van der Waals surface area contributed by atoms with Crippen molar-refractivity contribution < 1.29 is 23.1 Å². The Morgan fingerprint density at radius 1 is 1.38 bits per heavy atom. The van der Waals surface area contributed by atoms with E-state index < -0.39 is 21.7 Å². The molecule has 1 saturated heterocycles. The quantitative estimate of drug-likeness (QED) is 0.915. The van der Waals surface area contributed by atoms with Crippen LogP contribution in [0.1, 0.15) is 24.3 Å². The molecule has 5 nitrogen and oxygen atoms in total. The normalized spacial score (nSPS) is 27.8. The lowest BCUT2D eigenvalue weighted by molar-refractivity contribution is -0.143. The highest BCUT2D eigenvalue weighted by atomic mass is 32.2. The van der Waals surface area contributed by atoms with E-state index in [0.29, 0.717) is 19.4 Å². The zero-order chi connectivity index (χ0) is 15.0. The van der Waals surface area contributed by atoms with Gasteiger partial charge < -0.3 is 9.84 Å². The molecule has 0 saturated carbocycles. The van der Waals surface area contributed by atoms with Gasteiger partial charge in [0.05, 0.1) is 24.0 Å². The molecule has 1 aromatic rings. The van der Waals surface area contributed by atoms with Gasteiger partial charge in [0.1, 0.15) is 5.75 Å². The van der Waals surface area contributed by atoms with Crippen LogP contribution < -0.4 is 4.74 Å². The number of hydrogen-bond donors (Lipinski definition) is 1. The van der Waals surface area contributed by atoms with Gasteiger partial charge in [0.15, 0.2) is 9.84 Å². The molecule has 0 radical (unpaired) electrons. The second-order valence-corrected chi connectivity index (χ2v) is 8.12. The van der Waals surface area contributed by atoms with E-state index in [1.807, 2.05) is 24.3 Å². The molecule has 0 bridgehead atoms. The monoisotopic (exact) mass is 310 g/mol. The van der Waals surface area contributed by atoms with Crippen molar-refractivity contribution in [3.8, 4) is 5.75 Å². The van der Waals surface area contributed by atoms with Gasteiger partial charge >= 0.3 is 5.97 Å². The molecule has 21 heavy (non-hydrogen) atoms. The highest BCUT2D eigenvalue weighted by Crippen LogP contribution is 2.40. The number of rotatable bonds is 4. The Bertz CT molecular complexity index is 652. The van der Waals surface area contributed by atoms with Crippen LogP contribution in [-0.2, 0) is 14.6 Å². The largest absolute Gasteiger partial charge is 0.493 e. The Kier molecular flexibility index (Phi) is 3.65. The number of sulfone groups is 1. The van der Waals surface area contributed by atoms with Gasteiger partial charge in [-0.1, -0.05) is 18.2 Å². The summed E-state index contributed by atoms with van der Waals surface area (Å²) in [6, 6.07) is 7.64. The molecule has 3 rings (SSSR count). The first kappa shape index (κ1) is 14.4. The molecule has 3 atom stereocenters. The van der Waals surface area contributed by atoms with Gasteiger partial charge in [-0.25, -0.2) is 8.42 Å². The van der Waals surface area contributed by atoms with Crippen molar-refractivity contribution >= 4 is 15.8 Å². The highest BCUT2D eigenvalue weighted by Gasteiger charge is 2.39. The number of carboxylic acids is 1. The molecule has 1 N–H and O–H groups in total. The topological polar surface area (TPSA) is 80.7 Å². The summed E-state index contributed by atoms with van der Waals surface area (Å²) in [6.45, 7) is 0.475. The van der Waals surface area contributed by atoms with Gasteiger partial charge in [0, 0.05) is 11.5 Å². The van der Waals surface area contributed by atoms with E-state index in [1.165, 1.54) is 0 Å². The number of carbonyl (C=O) groups is 1. The maximum absolute atomic E-state index is 11.6. The average Bonchev–Trinajstić information content (AvgIpc) is 2.99. The zero-order valence-corrected chi connectivity index (χ0v) is 12.4. The standard InChI is InChI=1S/C15H18O5S/c16-15(17)13(10-5-6-21(18,19)9-10)7-11-8-20-14-4-2-1-3-12(11)14/h1-4,10-11,13H,5-9H2,(H,16,17). The van der Waals surface area contributed by atoms with Crippen LogP contribution in [0.15, 0.2) is 24.3 Å². The number of carboxylic acid groups (broad SMARTS) is 1. The molecule has 0 amide bonds. The Hall–Kier alpha value is -1.56. The zero-order valence-electron chi connectivity index (χ0n) is 11.6. The molecule has 2 aliphatic rings. The fourth-order valence-electron chi connectivity index (χ4n) is 3.37. The smallest absolute Gasteiger partial charge is 0.306 e. The Balaban J connectivity index is 1.77. The van der Waals surface area contributed by atoms with Crippen molar-refractivity contribution in [1.29, 1.82) is 0 Å². The summed E-state index contributed by atoms with van der Waals surface area (Å²) in [4.78, 5) is 11.6. The lowest BCUT2D eigenvalue weighted by Crippen LogP contribution is -2.27. The van der Waals surface area contributed by atoms with Crippen LogP contribution in [0.5, 0.6) is 5.75 Å². The van der Waals surface area contributed by atoms with Crippen LogP contribution in [-0.4, -0.2) is 37.6 Å². The van der Waals surface area contributed by atoms with Crippen molar-refractivity contribution in [3.63, 3.8) is 0 Å². The van der Waals surface area contributed by atoms with E-state index >= 15 is 0 Å². The fourth-order valence-corrected chi connectivity index (χ4v) is 5.25. The Morgan fingerprint density at radius 2 is 2.14 bits per heavy atom. The summed E-state index contributed by atoms with van der Waals surface area (Å²) < 4.78 is 28.8. The number of para-hydroxylation sites is 1. The summed E-state index contributed by atoms with van der Waals surface area (Å²) in [5.74, 6) is -0.849. The van der Waals surface area contributed by atoms with E-state index in [4.69, 9.17) is 4.74 Å². The summed E-state index contributed by atoms with van der Waals surface area (Å²) in [5.41, 5.74) is 1.03. The van der Waals surface area contributed by atoms with E-state index in [-0.39, 0.29) is 23.3 Å². The summed E-state index contributed by atoms with van der Waals surface area (Å²) in [7, 11) is -3.06. The van der Waals surface area contributed by atoms with E-state index in [1.54, 1.807) is 0 Å². The lowest BCUT2D eigenvalue weighted by atomic mass is 9.82. The number of ether oxygens (including phenoxy) is 1. The van der Waals surface area contributed by atoms with Crippen molar-refractivity contribution in [3.05, 3.63) is 29.8 Å². The van der Waals surface area contributed by atoms with Crippen LogP contribution in [0.4, 0.5) is 0 Å². The molecule has 1 aromatic carbocycles. The van der Waals surface area contributed by atoms with Gasteiger partial charge in [-0.05, 0) is 24.8 Å². The number of aliphatic carboxylic acids is 1. The minimum absolute atomic E-state index is 0.000803. The van der Waals surface area contributed by atoms with Gasteiger partial charge in [-0.3, -0.25) is 4.79 Å². The van der Waals surface area contributed by atoms with Crippen LogP contribution in [0.2, 0.25) is 0 Å². The molecule has 0 spiro atoms. The third-order valence-electron chi connectivity index (χ3n) is 4.49. The van der Waals surface area contributed by atoms with Crippen LogP contribution >= 0.6 is 0 Å². The highest BCUT2D eigenvalue weighted by molar-refractivity contribution is 7.91. The first-order valence-electron chi connectivity index (χ1n) is 7.11. The van der Waals surface area contributed by atoms with Gasteiger partial charge in [0.2, 0.25) is 0 Å². The average molecular weight is 310 g/mol. The Labute approximate surface area is 123 Å². The molecule has 3 unspecified atom stereocenters. The molecular weight excluding hydrogens is 292 g/mol. The van der Waals surface area contributed by atoms with E-state index in [9.17, 15) is 18.3 Å². The van der Waals surface area contributed by atoms with E-state index in [0.717, 1.165) is 11.3 Å². The van der Waals surface area contributed by atoms with Crippen molar-refractivity contribution in [1.82, 2.24) is 0 Å². The molecule has 0 aliphatic carbocycles. The van der Waals surface area contributed by atoms with Gasteiger partial charge in [-0.2, -0.15) is 0 Å². The van der Waals surface area contributed by atoms with Crippen molar-refractivity contribution in [2.75, 3.05) is 18.1 Å². The molecule has 1 fully saturated rings. The maximum Gasteiger partial charge on any atom is 0.306 e. The van der Waals surface area contributed by atoms with Gasteiger partial charge in [0.25, 0.3) is 0 Å². The van der Waals surface area contributed by atoms with Crippen LogP contribution in [0.25, 0.3) is 0 Å². The summed E-state index contributed by atoms with van der Waals surface area (Å²) in [6.07, 6.45) is 0.890. The predicted octanol–water partition coefficient (Wildman–Crippen LogP) is 1.69. The predicted molar refractivity (Wildman–Crippen MR) is 77.2 cm³/mol. The minimum Gasteiger partial charge on any atom is -0.493 e. The molecule has 0 aromatic heterocycles. The number of hydrogen-bond acceptors (Lipinski definition) is 4. The summed E-state index contributed by atoms with van der Waals surface area (Å²) >= 11 is 0. The first-order chi connectivity index (χ1) is 9.96.